The first-order valence-corrected chi connectivity index (χ1v) is 10.9. The first kappa shape index (κ1) is 25.6. The Labute approximate surface area is 194 Å². The van der Waals surface area contributed by atoms with Crippen molar-refractivity contribution in [1.29, 1.82) is 0 Å². The summed E-state index contributed by atoms with van der Waals surface area (Å²) in [6.07, 6.45) is 3.85. The molecular formula is C22H27F3N4O5. The summed E-state index contributed by atoms with van der Waals surface area (Å²) in [6, 6.07) is 3.89. The summed E-state index contributed by atoms with van der Waals surface area (Å²) >= 11 is 0. The van der Waals surface area contributed by atoms with Gasteiger partial charge in [-0.15, -0.1) is 0 Å². The largest absolute Gasteiger partial charge is 0.490 e. The number of hydrogen-bond acceptors (Lipinski definition) is 7. The number of carbonyl (C=O) groups excluding carboxylic acids is 1. The molecule has 2 aliphatic rings. The molecule has 12 heteroatoms. The van der Waals surface area contributed by atoms with Crippen LogP contribution in [-0.4, -0.2) is 69.4 Å². The van der Waals surface area contributed by atoms with Gasteiger partial charge in [0.15, 0.2) is 0 Å². The van der Waals surface area contributed by atoms with Gasteiger partial charge in [-0.3, -0.25) is 14.7 Å². The van der Waals surface area contributed by atoms with Crippen molar-refractivity contribution in [1.82, 2.24) is 20.2 Å². The zero-order valence-corrected chi connectivity index (χ0v) is 18.7. The van der Waals surface area contributed by atoms with E-state index >= 15 is 0 Å². The number of rotatable bonds is 4. The van der Waals surface area contributed by atoms with Crippen LogP contribution in [-0.2, 0) is 16.1 Å². The zero-order valence-electron chi connectivity index (χ0n) is 18.7. The van der Waals surface area contributed by atoms with Gasteiger partial charge in [-0.2, -0.15) is 13.2 Å². The van der Waals surface area contributed by atoms with Gasteiger partial charge in [0.2, 0.25) is 0 Å². The maximum Gasteiger partial charge on any atom is 0.490 e. The van der Waals surface area contributed by atoms with Crippen molar-refractivity contribution in [3.8, 4) is 0 Å². The zero-order chi connectivity index (χ0) is 24.8. The van der Waals surface area contributed by atoms with Crippen LogP contribution in [0.2, 0.25) is 0 Å². The van der Waals surface area contributed by atoms with Gasteiger partial charge >= 0.3 is 12.1 Å². The number of nitrogens with one attached hydrogen (secondary N) is 1. The standard InChI is InChI=1S/C20H26N4O3.C2HF3O2/c1-15-11-22-17(12-21-15)19(25)23-18-6-2-3-7-20(18)14-24(8-10-27-20)13-16-5-4-9-26-16;3-2(4,5)1(6)7/h4-5,9,11-12,18H,2-3,6-8,10,13-14H2,1H3,(H,23,25);(H,6,7). The Balaban J connectivity index is 0.000000406. The predicted octanol–water partition coefficient (Wildman–Crippen LogP) is 2.95. The molecular weight excluding hydrogens is 457 g/mol. The Morgan fingerprint density at radius 1 is 1.29 bits per heavy atom. The number of amides is 1. The van der Waals surface area contributed by atoms with E-state index in [9.17, 15) is 18.0 Å². The Hall–Kier alpha value is -2.99. The van der Waals surface area contributed by atoms with Crippen molar-refractivity contribution >= 4 is 11.9 Å². The van der Waals surface area contributed by atoms with Crippen LogP contribution in [0.3, 0.4) is 0 Å². The fraction of sp³-hybridized carbons (Fsp3) is 0.545. The Morgan fingerprint density at radius 3 is 2.68 bits per heavy atom. The van der Waals surface area contributed by atoms with Crippen LogP contribution in [0, 0.1) is 6.92 Å². The molecule has 34 heavy (non-hydrogen) atoms. The van der Waals surface area contributed by atoms with E-state index in [4.69, 9.17) is 19.1 Å². The van der Waals surface area contributed by atoms with E-state index in [1.807, 2.05) is 19.1 Å². The van der Waals surface area contributed by atoms with E-state index in [1.165, 1.54) is 6.20 Å². The molecule has 1 spiro atoms. The topological polar surface area (TPSA) is 118 Å². The number of hydrogen-bond donors (Lipinski definition) is 2. The molecule has 1 saturated carbocycles. The number of aromatic nitrogens is 2. The minimum atomic E-state index is -5.08. The molecule has 1 aliphatic heterocycles. The van der Waals surface area contributed by atoms with Crippen LogP contribution in [0.4, 0.5) is 13.2 Å². The summed E-state index contributed by atoms with van der Waals surface area (Å²) in [4.78, 5) is 32.3. The number of aliphatic carboxylic acids is 1. The van der Waals surface area contributed by atoms with Crippen LogP contribution < -0.4 is 5.32 Å². The van der Waals surface area contributed by atoms with E-state index in [0.717, 1.165) is 56.8 Å². The fourth-order valence-corrected chi connectivity index (χ4v) is 4.16. The summed E-state index contributed by atoms with van der Waals surface area (Å²) in [5.74, 6) is -1.98. The van der Waals surface area contributed by atoms with Crippen LogP contribution >= 0.6 is 0 Å². The minimum absolute atomic E-state index is 0.0266. The Morgan fingerprint density at radius 2 is 2.06 bits per heavy atom. The second kappa shape index (κ2) is 11.0. The molecule has 2 aromatic heterocycles. The second-order valence-corrected chi connectivity index (χ2v) is 8.32. The van der Waals surface area contributed by atoms with E-state index in [0.29, 0.717) is 12.3 Å². The average molecular weight is 484 g/mol. The van der Waals surface area contributed by atoms with Crippen molar-refractivity contribution in [3.63, 3.8) is 0 Å². The van der Waals surface area contributed by atoms with E-state index in [2.05, 4.69) is 20.2 Å². The number of carboxylic acids is 1. The fourth-order valence-electron chi connectivity index (χ4n) is 4.16. The van der Waals surface area contributed by atoms with Gasteiger partial charge in [-0.1, -0.05) is 12.8 Å². The highest BCUT2D eigenvalue weighted by molar-refractivity contribution is 5.92. The first-order chi connectivity index (χ1) is 16.1. The Bertz CT molecular complexity index is 948. The van der Waals surface area contributed by atoms with Gasteiger partial charge in [0.25, 0.3) is 5.91 Å². The van der Waals surface area contributed by atoms with Gasteiger partial charge in [0.1, 0.15) is 17.1 Å². The van der Waals surface area contributed by atoms with Crippen LogP contribution in [0.25, 0.3) is 0 Å². The molecule has 0 aromatic carbocycles. The smallest absolute Gasteiger partial charge is 0.475 e. The number of alkyl halides is 3. The molecule has 1 aliphatic carbocycles. The number of ether oxygens (including phenoxy) is 1. The molecule has 0 bridgehead atoms. The lowest BCUT2D eigenvalue weighted by molar-refractivity contribution is -0.192. The number of carboxylic acid groups (broad SMARTS) is 1. The van der Waals surface area contributed by atoms with E-state index in [-0.39, 0.29) is 17.6 Å². The summed E-state index contributed by atoms with van der Waals surface area (Å²) in [5.41, 5.74) is 0.797. The predicted molar refractivity (Wildman–Crippen MR) is 113 cm³/mol. The van der Waals surface area contributed by atoms with Gasteiger partial charge in [0, 0.05) is 19.3 Å². The van der Waals surface area contributed by atoms with Gasteiger partial charge in [0.05, 0.1) is 37.3 Å². The summed E-state index contributed by atoms with van der Waals surface area (Å²) in [5, 5.41) is 10.3. The quantitative estimate of drug-likeness (QED) is 0.680. The molecule has 3 heterocycles. The summed E-state index contributed by atoms with van der Waals surface area (Å²) < 4.78 is 43.5. The lowest BCUT2D eigenvalue weighted by Crippen LogP contribution is -2.64. The van der Waals surface area contributed by atoms with Crippen molar-refractivity contribution in [2.24, 2.45) is 0 Å². The van der Waals surface area contributed by atoms with Gasteiger partial charge in [-0.25, -0.2) is 9.78 Å². The third-order valence-electron chi connectivity index (χ3n) is 5.79. The first-order valence-electron chi connectivity index (χ1n) is 10.9. The summed E-state index contributed by atoms with van der Waals surface area (Å²) in [6.45, 7) is 4.94. The number of nitrogens with zero attached hydrogens (tertiary/aromatic N) is 3. The number of halogens is 3. The van der Waals surface area contributed by atoms with Crippen molar-refractivity contribution in [2.75, 3.05) is 19.7 Å². The van der Waals surface area contributed by atoms with Crippen molar-refractivity contribution < 1.29 is 37.0 Å². The number of carbonyl (C=O) groups is 2. The Kier molecular flexibility index (Phi) is 8.26. The highest BCUT2D eigenvalue weighted by atomic mass is 19.4. The number of morpholine rings is 1. The maximum atomic E-state index is 12.7. The molecule has 0 radical (unpaired) electrons. The third kappa shape index (κ3) is 6.76. The molecule has 186 valence electrons. The van der Waals surface area contributed by atoms with Crippen molar-refractivity contribution in [3.05, 3.63) is 47.9 Å². The molecule has 2 aromatic rings. The monoisotopic (exact) mass is 484 g/mol. The lowest BCUT2D eigenvalue weighted by atomic mass is 9.78. The molecule has 4 rings (SSSR count). The number of furan rings is 1. The molecule has 1 amide bonds. The van der Waals surface area contributed by atoms with Crippen molar-refractivity contribution in [2.45, 2.75) is 57.0 Å². The molecule has 1 saturated heterocycles. The third-order valence-corrected chi connectivity index (χ3v) is 5.79. The molecule has 9 nitrogen and oxygen atoms in total. The normalized spacial score (nSPS) is 23.1. The van der Waals surface area contributed by atoms with Gasteiger partial charge < -0.3 is 19.6 Å². The van der Waals surface area contributed by atoms with Crippen LogP contribution in [0.1, 0.15) is 47.6 Å². The van der Waals surface area contributed by atoms with Gasteiger partial charge in [-0.05, 0) is 31.9 Å². The molecule has 2 fully saturated rings. The SMILES string of the molecule is Cc1cnc(C(=O)NC2CCCCC23CN(Cc2ccco2)CCO3)cn1.O=C(O)C(F)(F)F. The number of aryl methyl sites for hydroxylation is 1. The summed E-state index contributed by atoms with van der Waals surface area (Å²) in [7, 11) is 0. The average Bonchev–Trinajstić information content (AvgIpc) is 3.29. The highest BCUT2D eigenvalue weighted by Gasteiger charge is 2.46. The van der Waals surface area contributed by atoms with Crippen LogP contribution in [0.5, 0.6) is 0 Å². The molecule has 2 N–H and O–H groups in total. The minimum Gasteiger partial charge on any atom is -0.475 e. The molecule has 2 unspecified atom stereocenters. The lowest BCUT2D eigenvalue weighted by Gasteiger charge is -2.49. The van der Waals surface area contributed by atoms with Crippen LogP contribution in [0.15, 0.2) is 35.2 Å². The maximum absolute atomic E-state index is 12.7. The van der Waals surface area contributed by atoms with E-state index < -0.39 is 12.1 Å². The van der Waals surface area contributed by atoms with E-state index in [1.54, 1.807) is 12.5 Å². The highest BCUT2D eigenvalue weighted by Crippen LogP contribution is 2.35. The molecule has 2 atom stereocenters. The second-order valence-electron chi connectivity index (χ2n) is 8.32.